The van der Waals surface area contributed by atoms with E-state index in [1.54, 1.807) is 30.0 Å². The molecule has 0 unspecified atom stereocenters. The summed E-state index contributed by atoms with van der Waals surface area (Å²) in [5.41, 5.74) is 2.39. The average molecular weight is 346 g/mol. The molecule has 6 nitrogen and oxygen atoms in total. The highest BCUT2D eigenvalue weighted by Gasteiger charge is 2.07. The molecule has 0 radical (unpaired) electrons. The fraction of sp³-hybridized carbons (Fsp3) is 0.176. The Morgan fingerprint density at radius 1 is 1.25 bits per heavy atom. The fourth-order valence-corrected chi connectivity index (χ4v) is 2.20. The summed E-state index contributed by atoms with van der Waals surface area (Å²) in [6.07, 6.45) is 2.06. The number of aliphatic carboxylic acids is 1. The van der Waals surface area contributed by atoms with E-state index in [1.807, 2.05) is 13.1 Å². The van der Waals surface area contributed by atoms with Gasteiger partial charge in [-0.1, -0.05) is 12.1 Å². The van der Waals surface area contributed by atoms with Crippen LogP contribution in [0, 0.1) is 0 Å². The standard InChI is InChI=1S/C9H7NO4.C8H11NS/c11-8(12)5-13-9-10-6-3-1-2-4-7(6)14-9;1-9-7-3-5-8(10-2)6-4-7/h1-4H,5H2,(H,11,12);3-6,9H,1-2H3. The predicted octanol–water partition coefficient (Wildman–Crippen LogP) is 3.74. The van der Waals surface area contributed by atoms with Crippen molar-refractivity contribution >= 4 is 34.5 Å². The molecule has 0 aliphatic carbocycles. The molecule has 0 spiro atoms. The van der Waals surface area contributed by atoms with E-state index in [0.717, 1.165) is 5.69 Å². The number of carbonyl (C=O) groups is 1. The molecule has 1 aromatic heterocycles. The van der Waals surface area contributed by atoms with Gasteiger partial charge in [-0.15, -0.1) is 11.8 Å². The summed E-state index contributed by atoms with van der Waals surface area (Å²) in [5.74, 6) is -1.06. The van der Waals surface area contributed by atoms with Crippen molar-refractivity contribution in [1.82, 2.24) is 4.98 Å². The number of fused-ring (bicyclic) bond motifs is 1. The topological polar surface area (TPSA) is 84.6 Å². The molecule has 3 rings (SSSR count). The fourth-order valence-electron chi connectivity index (χ4n) is 1.79. The molecular weight excluding hydrogens is 328 g/mol. The molecule has 0 saturated heterocycles. The Kier molecular flexibility index (Phi) is 6.51. The molecule has 0 atom stereocenters. The number of hydrogen-bond donors (Lipinski definition) is 2. The van der Waals surface area contributed by atoms with E-state index in [4.69, 9.17) is 14.3 Å². The summed E-state index contributed by atoms with van der Waals surface area (Å²) in [6, 6.07) is 15.5. The van der Waals surface area contributed by atoms with Crippen molar-refractivity contribution in [1.29, 1.82) is 0 Å². The minimum atomic E-state index is -1.06. The lowest BCUT2D eigenvalue weighted by Gasteiger charge is -1.99. The zero-order chi connectivity index (χ0) is 17.4. The van der Waals surface area contributed by atoms with Crippen LogP contribution < -0.4 is 10.1 Å². The summed E-state index contributed by atoms with van der Waals surface area (Å²) >= 11 is 1.76. The summed E-state index contributed by atoms with van der Waals surface area (Å²) in [5, 5.41) is 11.4. The quantitative estimate of drug-likeness (QED) is 0.681. The second-order valence-corrected chi connectivity index (χ2v) is 5.49. The molecule has 0 aliphatic heterocycles. The molecule has 0 fully saturated rings. The maximum absolute atomic E-state index is 10.2. The van der Waals surface area contributed by atoms with Crippen molar-refractivity contribution in [2.45, 2.75) is 4.90 Å². The Labute approximate surface area is 143 Å². The molecule has 126 valence electrons. The van der Waals surface area contributed by atoms with Gasteiger partial charge in [0.1, 0.15) is 5.52 Å². The number of aromatic nitrogens is 1. The first kappa shape index (κ1) is 17.7. The number of benzene rings is 2. The third-order valence-electron chi connectivity index (χ3n) is 2.97. The summed E-state index contributed by atoms with van der Waals surface area (Å²) in [6.45, 7) is -0.452. The molecule has 7 heteroatoms. The van der Waals surface area contributed by atoms with E-state index in [9.17, 15) is 4.79 Å². The van der Waals surface area contributed by atoms with Crippen LogP contribution in [0.3, 0.4) is 0 Å². The van der Waals surface area contributed by atoms with Gasteiger partial charge in [-0.25, -0.2) is 4.79 Å². The third-order valence-corrected chi connectivity index (χ3v) is 3.72. The van der Waals surface area contributed by atoms with Crippen LogP contribution in [0.1, 0.15) is 0 Å². The molecule has 24 heavy (non-hydrogen) atoms. The van der Waals surface area contributed by atoms with E-state index < -0.39 is 12.6 Å². The number of nitrogens with one attached hydrogen (secondary N) is 1. The number of nitrogens with zero attached hydrogens (tertiary/aromatic N) is 1. The SMILES string of the molecule is CNc1ccc(SC)cc1.O=C(O)COc1nc2ccccc2o1. The molecular formula is C17H18N2O4S. The number of ether oxygens (including phenoxy) is 1. The highest BCUT2D eigenvalue weighted by atomic mass is 32.2. The van der Waals surface area contributed by atoms with Crippen LogP contribution in [0.4, 0.5) is 5.69 Å². The van der Waals surface area contributed by atoms with E-state index in [1.165, 1.54) is 4.90 Å². The number of hydrogen-bond acceptors (Lipinski definition) is 6. The minimum absolute atomic E-state index is 0.0198. The van der Waals surface area contributed by atoms with Gasteiger partial charge in [-0.05, 0) is 42.7 Å². The van der Waals surface area contributed by atoms with Crippen molar-refractivity contribution in [3.63, 3.8) is 0 Å². The molecule has 0 saturated carbocycles. The minimum Gasteiger partial charge on any atom is -0.479 e. The summed E-state index contributed by atoms with van der Waals surface area (Å²) in [7, 11) is 1.92. The van der Waals surface area contributed by atoms with Gasteiger partial charge in [-0.2, -0.15) is 4.98 Å². The molecule has 0 aliphatic rings. The molecule has 2 N–H and O–H groups in total. The lowest BCUT2D eigenvalue weighted by molar-refractivity contribution is -0.139. The first-order chi connectivity index (χ1) is 11.6. The van der Waals surface area contributed by atoms with Crippen LogP contribution in [-0.4, -0.2) is 36.0 Å². The van der Waals surface area contributed by atoms with Crippen molar-refractivity contribution < 1.29 is 19.1 Å². The maximum Gasteiger partial charge on any atom is 0.395 e. The van der Waals surface area contributed by atoms with Crippen molar-refractivity contribution in [2.24, 2.45) is 0 Å². The second kappa shape index (κ2) is 8.83. The number of para-hydroxylation sites is 2. The first-order valence-electron chi connectivity index (χ1n) is 7.14. The number of oxazole rings is 1. The third kappa shape index (κ3) is 5.20. The van der Waals surface area contributed by atoms with Gasteiger partial charge in [0.05, 0.1) is 0 Å². The Bertz CT molecular complexity index is 731. The van der Waals surface area contributed by atoms with Gasteiger partial charge in [0, 0.05) is 17.6 Å². The van der Waals surface area contributed by atoms with E-state index in [0.29, 0.717) is 11.1 Å². The number of anilines is 1. The number of thioether (sulfide) groups is 1. The number of carboxylic acids is 1. The van der Waals surface area contributed by atoms with Gasteiger partial charge in [0.15, 0.2) is 12.2 Å². The van der Waals surface area contributed by atoms with Gasteiger partial charge >= 0.3 is 12.0 Å². The largest absolute Gasteiger partial charge is 0.479 e. The lowest BCUT2D eigenvalue weighted by Crippen LogP contribution is -2.09. The van der Waals surface area contributed by atoms with Crippen LogP contribution in [0.2, 0.25) is 0 Å². The molecule has 2 aromatic carbocycles. The average Bonchev–Trinajstić information content (AvgIpc) is 3.03. The van der Waals surface area contributed by atoms with Crippen molar-refractivity contribution in [3.05, 3.63) is 48.5 Å². The first-order valence-corrected chi connectivity index (χ1v) is 8.37. The van der Waals surface area contributed by atoms with Gasteiger partial charge in [0.2, 0.25) is 0 Å². The van der Waals surface area contributed by atoms with Crippen LogP contribution in [0.25, 0.3) is 11.1 Å². The number of rotatable bonds is 5. The van der Waals surface area contributed by atoms with Gasteiger partial charge in [0.25, 0.3) is 0 Å². The zero-order valence-corrected chi connectivity index (χ0v) is 14.2. The second-order valence-electron chi connectivity index (χ2n) is 4.61. The van der Waals surface area contributed by atoms with E-state index in [2.05, 4.69) is 40.8 Å². The van der Waals surface area contributed by atoms with E-state index in [-0.39, 0.29) is 6.08 Å². The van der Waals surface area contributed by atoms with Crippen LogP contribution in [-0.2, 0) is 4.79 Å². The highest BCUT2D eigenvalue weighted by Crippen LogP contribution is 2.19. The van der Waals surface area contributed by atoms with Crippen molar-refractivity contribution in [2.75, 3.05) is 25.2 Å². The van der Waals surface area contributed by atoms with Gasteiger partial charge in [-0.3, -0.25) is 0 Å². The monoisotopic (exact) mass is 346 g/mol. The Morgan fingerprint density at radius 3 is 2.54 bits per heavy atom. The zero-order valence-electron chi connectivity index (χ0n) is 13.4. The van der Waals surface area contributed by atoms with E-state index >= 15 is 0 Å². The van der Waals surface area contributed by atoms with Crippen LogP contribution in [0.5, 0.6) is 6.08 Å². The smallest absolute Gasteiger partial charge is 0.395 e. The predicted molar refractivity (Wildman–Crippen MR) is 94.9 cm³/mol. The molecule has 1 heterocycles. The molecule has 0 amide bonds. The Balaban J connectivity index is 0.000000185. The normalized spacial score (nSPS) is 9.92. The Hall–Kier alpha value is -2.67. The van der Waals surface area contributed by atoms with Crippen LogP contribution in [0.15, 0.2) is 57.8 Å². The Morgan fingerprint density at radius 2 is 1.96 bits per heavy atom. The lowest BCUT2D eigenvalue weighted by atomic mass is 10.3. The van der Waals surface area contributed by atoms with Crippen molar-refractivity contribution in [3.8, 4) is 6.08 Å². The highest BCUT2D eigenvalue weighted by molar-refractivity contribution is 7.98. The maximum atomic E-state index is 10.2. The summed E-state index contributed by atoms with van der Waals surface area (Å²) < 4.78 is 9.90. The van der Waals surface area contributed by atoms with Crippen LogP contribution >= 0.6 is 11.8 Å². The summed E-state index contributed by atoms with van der Waals surface area (Å²) in [4.78, 5) is 15.4. The van der Waals surface area contributed by atoms with Gasteiger partial charge < -0.3 is 19.6 Å². The molecule has 3 aromatic rings. The number of carboxylic acid groups (broad SMARTS) is 1. The molecule has 0 bridgehead atoms.